The predicted molar refractivity (Wildman–Crippen MR) is 130 cm³/mol. The van der Waals surface area contributed by atoms with E-state index in [9.17, 15) is 0 Å². The molecule has 5 heterocycles. The van der Waals surface area contributed by atoms with Gasteiger partial charge >= 0.3 is 0 Å². The van der Waals surface area contributed by atoms with E-state index in [4.69, 9.17) is 26.3 Å². The maximum Gasteiger partial charge on any atom is 0.257 e. The van der Waals surface area contributed by atoms with Crippen molar-refractivity contribution in [2.24, 2.45) is 0 Å². The van der Waals surface area contributed by atoms with Gasteiger partial charge in [-0.05, 0) is 30.3 Å². The van der Waals surface area contributed by atoms with Gasteiger partial charge in [-0.15, -0.1) is 10.2 Å². The van der Waals surface area contributed by atoms with Crippen molar-refractivity contribution in [3.8, 4) is 11.3 Å². The number of halogens is 1. The highest BCUT2D eigenvalue weighted by Crippen LogP contribution is 2.31. The molecular weight excluding hydrogens is 454 g/mol. The van der Waals surface area contributed by atoms with E-state index < -0.39 is 0 Å². The Hall–Kier alpha value is -3.89. The van der Waals surface area contributed by atoms with Gasteiger partial charge in [-0.2, -0.15) is 4.98 Å². The molecule has 1 fully saturated rings. The summed E-state index contributed by atoms with van der Waals surface area (Å²) in [5.74, 6) is 2.62. The second-order valence-corrected chi connectivity index (χ2v) is 8.35. The molecule has 170 valence electrons. The van der Waals surface area contributed by atoms with Crippen LogP contribution in [0.1, 0.15) is 0 Å². The average Bonchev–Trinajstić information content (AvgIpc) is 3.38. The first-order chi connectivity index (χ1) is 16.7. The molecule has 6 rings (SSSR count). The quantitative estimate of drug-likeness (QED) is 0.389. The number of aromatic nitrogens is 7. The van der Waals surface area contributed by atoms with Crippen LogP contribution in [0, 0.1) is 0 Å². The second kappa shape index (κ2) is 8.47. The smallest absolute Gasteiger partial charge is 0.257 e. The highest BCUT2D eigenvalue weighted by atomic mass is 35.5. The number of nitrogens with zero attached hydrogens (tertiary/aromatic N) is 9. The Bertz CT molecular complexity index is 1480. The SMILES string of the molecule is CN(c1cccc(-c2cnc(N3CCOCC3)nc2)n1)c1nc2nncn2c2cc(Cl)ccc12. The maximum absolute atomic E-state index is 6.26. The van der Waals surface area contributed by atoms with Gasteiger partial charge < -0.3 is 14.5 Å². The number of ether oxygens (including phenoxy) is 1. The molecule has 1 saturated heterocycles. The van der Waals surface area contributed by atoms with E-state index >= 15 is 0 Å². The number of pyridine rings is 1. The summed E-state index contributed by atoms with van der Waals surface area (Å²) in [6.07, 6.45) is 5.24. The van der Waals surface area contributed by atoms with Gasteiger partial charge in [-0.3, -0.25) is 4.40 Å². The highest BCUT2D eigenvalue weighted by Gasteiger charge is 2.17. The number of anilines is 3. The van der Waals surface area contributed by atoms with Crippen molar-refractivity contribution >= 4 is 45.9 Å². The summed E-state index contributed by atoms with van der Waals surface area (Å²) in [6, 6.07) is 11.5. The molecule has 0 saturated carbocycles. The van der Waals surface area contributed by atoms with Gasteiger partial charge in [0, 0.05) is 48.5 Å². The van der Waals surface area contributed by atoms with Gasteiger partial charge in [0.1, 0.15) is 18.0 Å². The van der Waals surface area contributed by atoms with Gasteiger partial charge in [-0.1, -0.05) is 17.7 Å². The first-order valence-electron chi connectivity index (χ1n) is 10.8. The van der Waals surface area contributed by atoms with Crippen LogP contribution >= 0.6 is 11.6 Å². The average molecular weight is 474 g/mol. The molecule has 11 heteroatoms. The van der Waals surface area contributed by atoms with Crippen LogP contribution in [-0.2, 0) is 4.74 Å². The molecule has 1 aromatic carbocycles. The third-order valence-corrected chi connectivity index (χ3v) is 6.05. The van der Waals surface area contributed by atoms with Gasteiger partial charge in [0.25, 0.3) is 5.78 Å². The van der Waals surface area contributed by atoms with Gasteiger partial charge in [0.15, 0.2) is 0 Å². The standard InChI is InChI=1S/C23H20ClN9O/c1-31(21-17-6-5-16(24)11-19(17)33-14-27-30-23(33)29-21)20-4-2-3-18(28-20)15-12-25-22(26-13-15)32-7-9-34-10-8-32/h2-6,11-14H,7-10H2,1H3. The summed E-state index contributed by atoms with van der Waals surface area (Å²) in [4.78, 5) is 22.7. The number of rotatable bonds is 4. The van der Waals surface area contributed by atoms with Crippen molar-refractivity contribution < 1.29 is 4.74 Å². The van der Waals surface area contributed by atoms with Crippen molar-refractivity contribution in [3.05, 3.63) is 60.1 Å². The second-order valence-electron chi connectivity index (χ2n) is 7.91. The van der Waals surface area contributed by atoms with Crippen LogP contribution in [0.3, 0.4) is 0 Å². The Labute approximate surface area is 199 Å². The van der Waals surface area contributed by atoms with Gasteiger partial charge in [0.05, 0.1) is 24.4 Å². The molecule has 0 atom stereocenters. The van der Waals surface area contributed by atoms with Crippen LogP contribution in [0.25, 0.3) is 27.9 Å². The molecule has 0 spiro atoms. The zero-order chi connectivity index (χ0) is 23.1. The Morgan fingerprint density at radius 2 is 1.85 bits per heavy atom. The van der Waals surface area contributed by atoms with Crippen molar-refractivity contribution in [1.29, 1.82) is 0 Å². The zero-order valence-electron chi connectivity index (χ0n) is 18.3. The van der Waals surface area contributed by atoms with Crippen LogP contribution in [0.5, 0.6) is 0 Å². The molecule has 10 nitrogen and oxygen atoms in total. The lowest BCUT2D eigenvalue weighted by Gasteiger charge is -2.26. The van der Waals surface area contributed by atoms with E-state index in [2.05, 4.69) is 25.1 Å². The van der Waals surface area contributed by atoms with Crippen molar-refractivity contribution in [2.45, 2.75) is 0 Å². The molecular formula is C23H20ClN9O. The van der Waals surface area contributed by atoms with Gasteiger partial charge in [-0.25, -0.2) is 15.0 Å². The molecule has 0 amide bonds. The van der Waals surface area contributed by atoms with Crippen LogP contribution in [0.15, 0.2) is 55.1 Å². The molecule has 0 aliphatic carbocycles. The maximum atomic E-state index is 6.26. The van der Waals surface area contributed by atoms with Crippen LogP contribution < -0.4 is 9.80 Å². The largest absolute Gasteiger partial charge is 0.378 e. The van der Waals surface area contributed by atoms with Crippen molar-refractivity contribution in [1.82, 2.24) is 34.5 Å². The summed E-state index contributed by atoms with van der Waals surface area (Å²) < 4.78 is 7.22. The summed E-state index contributed by atoms with van der Waals surface area (Å²) >= 11 is 6.26. The molecule has 0 unspecified atom stereocenters. The summed E-state index contributed by atoms with van der Waals surface area (Å²) in [7, 11) is 1.92. The fourth-order valence-corrected chi connectivity index (χ4v) is 4.20. The molecule has 1 aliphatic heterocycles. The Kier molecular flexibility index (Phi) is 5.16. The topological polar surface area (TPSA) is 97.5 Å². The summed E-state index contributed by atoms with van der Waals surface area (Å²) in [5, 5.41) is 9.66. The molecule has 5 aromatic rings. The summed E-state index contributed by atoms with van der Waals surface area (Å²) in [6.45, 7) is 2.97. The molecule has 0 N–H and O–H groups in total. The van der Waals surface area contributed by atoms with Crippen molar-refractivity contribution in [2.75, 3.05) is 43.2 Å². The van der Waals surface area contributed by atoms with E-state index in [0.29, 0.717) is 35.8 Å². The first-order valence-corrected chi connectivity index (χ1v) is 11.2. The minimum Gasteiger partial charge on any atom is -0.378 e. The Morgan fingerprint density at radius 3 is 2.68 bits per heavy atom. The minimum absolute atomic E-state index is 0.486. The van der Waals surface area contributed by atoms with E-state index in [1.54, 1.807) is 6.33 Å². The predicted octanol–water partition coefficient (Wildman–Crippen LogP) is 3.39. The van der Waals surface area contributed by atoms with E-state index in [1.807, 2.05) is 65.1 Å². The molecule has 0 radical (unpaired) electrons. The Balaban J connectivity index is 1.36. The minimum atomic E-state index is 0.486. The van der Waals surface area contributed by atoms with Crippen LogP contribution in [-0.4, -0.2) is 67.9 Å². The number of morpholine rings is 1. The fraction of sp³-hybridized carbons (Fsp3) is 0.217. The fourth-order valence-electron chi connectivity index (χ4n) is 4.04. The number of hydrogen-bond donors (Lipinski definition) is 0. The molecule has 1 aliphatic rings. The molecule has 34 heavy (non-hydrogen) atoms. The first kappa shape index (κ1) is 20.7. The lowest BCUT2D eigenvalue weighted by atomic mass is 10.2. The van der Waals surface area contributed by atoms with Crippen LogP contribution in [0.2, 0.25) is 5.02 Å². The number of fused-ring (bicyclic) bond motifs is 3. The highest BCUT2D eigenvalue weighted by molar-refractivity contribution is 6.31. The van der Waals surface area contributed by atoms with E-state index in [1.165, 1.54) is 0 Å². The lowest BCUT2D eigenvalue weighted by Crippen LogP contribution is -2.37. The van der Waals surface area contributed by atoms with Crippen molar-refractivity contribution in [3.63, 3.8) is 0 Å². The Morgan fingerprint density at radius 1 is 1.03 bits per heavy atom. The summed E-state index contributed by atoms with van der Waals surface area (Å²) in [5.41, 5.74) is 2.48. The third kappa shape index (κ3) is 3.66. The van der Waals surface area contributed by atoms with Crippen LogP contribution in [0.4, 0.5) is 17.6 Å². The lowest BCUT2D eigenvalue weighted by molar-refractivity contribution is 0.122. The van der Waals surface area contributed by atoms with E-state index in [0.717, 1.165) is 41.1 Å². The molecule has 4 aromatic heterocycles. The zero-order valence-corrected chi connectivity index (χ0v) is 19.1. The number of hydrogen-bond acceptors (Lipinski definition) is 9. The monoisotopic (exact) mass is 473 g/mol. The molecule has 0 bridgehead atoms. The normalized spacial score (nSPS) is 14.1. The third-order valence-electron chi connectivity index (χ3n) is 5.82. The van der Waals surface area contributed by atoms with Gasteiger partial charge in [0.2, 0.25) is 5.95 Å². The van der Waals surface area contributed by atoms with E-state index in [-0.39, 0.29) is 0 Å². The number of benzene rings is 1.